The van der Waals surface area contributed by atoms with Crippen LogP contribution in [0.2, 0.25) is 10.0 Å². The lowest BCUT2D eigenvalue weighted by atomic mass is 10.1. The molecule has 1 amide bonds. The maximum absolute atomic E-state index is 13.0. The molecule has 2 aromatic carbocycles. The lowest BCUT2D eigenvalue weighted by molar-refractivity contribution is 0.103. The number of pyridine rings is 1. The summed E-state index contributed by atoms with van der Waals surface area (Å²) in [6, 6.07) is 10.5. The Bertz CT molecular complexity index is 1390. The Morgan fingerprint density at radius 1 is 1.16 bits per heavy atom. The SMILES string of the molecule is NN=Nc1c(C(=O)Nc2cccc(Cl)c2Cl)sc2nc3cc4c(cc3cc12)OCCO4. The number of aromatic nitrogens is 1. The minimum Gasteiger partial charge on any atom is -0.486 e. The standard InChI is InChI=1S/C20H13Cl2N5O3S/c21-11-2-1-3-12(16(11)22)24-19(28)18-17(26-27-23)10-6-9-7-14-15(30-5-4-29-14)8-13(9)25-20(10)31-18/h1-3,6-8H,4-5H2,(H2,23,26)(H,24,28). The van der Waals surface area contributed by atoms with Crippen LogP contribution in [0.1, 0.15) is 9.67 Å². The van der Waals surface area contributed by atoms with Gasteiger partial charge in [-0.3, -0.25) is 4.79 Å². The van der Waals surface area contributed by atoms with Crippen LogP contribution in [-0.2, 0) is 0 Å². The highest BCUT2D eigenvalue weighted by Crippen LogP contribution is 2.42. The fourth-order valence-electron chi connectivity index (χ4n) is 3.30. The molecule has 0 aliphatic carbocycles. The predicted octanol–water partition coefficient (Wildman–Crippen LogP) is 5.74. The number of carbonyl (C=O) groups is 1. The van der Waals surface area contributed by atoms with Gasteiger partial charge in [0.05, 0.1) is 21.2 Å². The van der Waals surface area contributed by atoms with Crippen LogP contribution in [0, 0.1) is 0 Å². The summed E-state index contributed by atoms with van der Waals surface area (Å²) < 4.78 is 11.3. The van der Waals surface area contributed by atoms with E-state index in [1.54, 1.807) is 18.2 Å². The number of thiophene rings is 1. The summed E-state index contributed by atoms with van der Waals surface area (Å²) in [5.41, 5.74) is 1.41. The molecule has 4 aromatic rings. The van der Waals surface area contributed by atoms with E-state index in [0.29, 0.717) is 61.7 Å². The van der Waals surface area contributed by atoms with E-state index >= 15 is 0 Å². The van der Waals surface area contributed by atoms with Crippen molar-refractivity contribution in [3.63, 3.8) is 0 Å². The Morgan fingerprint density at radius 3 is 2.71 bits per heavy atom. The summed E-state index contributed by atoms with van der Waals surface area (Å²) in [5, 5.41) is 12.2. The Balaban J connectivity index is 1.63. The molecule has 2 aromatic heterocycles. The fourth-order valence-corrected chi connectivity index (χ4v) is 4.64. The number of amides is 1. The van der Waals surface area contributed by atoms with Gasteiger partial charge in [-0.1, -0.05) is 34.5 Å². The summed E-state index contributed by atoms with van der Waals surface area (Å²) >= 11 is 13.4. The minimum atomic E-state index is -0.426. The smallest absolute Gasteiger partial charge is 0.268 e. The van der Waals surface area contributed by atoms with Crippen molar-refractivity contribution in [1.29, 1.82) is 0 Å². The van der Waals surface area contributed by atoms with Crippen molar-refractivity contribution < 1.29 is 14.3 Å². The van der Waals surface area contributed by atoms with Crippen molar-refractivity contribution in [2.24, 2.45) is 16.2 Å². The highest BCUT2D eigenvalue weighted by Gasteiger charge is 2.22. The quantitative estimate of drug-likeness (QED) is 0.224. The van der Waals surface area contributed by atoms with Crippen LogP contribution >= 0.6 is 34.5 Å². The van der Waals surface area contributed by atoms with Crippen LogP contribution in [-0.4, -0.2) is 24.1 Å². The summed E-state index contributed by atoms with van der Waals surface area (Å²) in [4.78, 5) is 18.6. The first-order valence-corrected chi connectivity index (χ1v) is 10.7. The molecule has 0 bridgehead atoms. The normalized spacial score (nSPS) is 13.2. The molecule has 5 rings (SSSR count). The third-order valence-electron chi connectivity index (χ3n) is 4.68. The third-order valence-corrected chi connectivity index (χ3v) is 6.58. The Labute approximate surface area is 189 Å². The average molecular weight is 474 g/mol. The van der Waals surface area contributed by atoms with Gasteiger partial charge in [0.2, 0.25) is 0 Å². The first kappa shape index (κ1) is 19.8. The molecule has 0 atom stereocenters. The molecule has 8 nitrogen and oxygen atoms in total. The summed E-state index contributed by atoms with van der Waals surface area (Å²) in [5.74, 6) is 6.17. The molecule has 3 N–H and O–H groups in total. The number of ether oxygens (including phenoxy) is 2. The molecule has 0 saturated carbocycles. The van der Waals surface area contributed by atoms with Gasteiger partial charge in [0.25, 0.3) is 5.91 Å². The van der Waals surface area contributed by atoms with Gasteiger partial charge in [-0.05, 0) is 24.3 Å². The van der Waals surface area contributed by atoms with Gasteiger partial charge in [-0.2, -0.15) is 0 Å². The molecule has 3 heterocycles. The van der Waals surface area contributed by atoms with Gasteiger partial charge in [0, 0.05) is 16.8 Å². The monoisotopic (exact) mass is 473 g/mol. The van der Waals surface area contributed by atoms with Gasteiger partial charge >= 0.3 is 0 Å². The first-order chi connectivity index (χ1) is 15.0. The summed E-state index contributed by atoms with van der Waals surface area (Å²) in [6.45, 7) is 0.965. The van der Waals surface area contributed by atoms with Crippen LogP contribution in [0.5, 0.6) is 11.5 Å². The molecule has 1 aliphatic heterocycles. The number of hydrogen-bond acceptors (Lipinski definition) is 7. The molecule has 0 spiro atoms. The lowest BCUT2D eigenvalue weighted by Crippen LogP contribution is -2.15. The minimum absolute atomic E-state index is 0.245. The lowest BCUT2D eigenvalue weighted by Gasteiger charge is -2.18. The number of benzene rings is 2. The van der Waals surface area contributed by atoms with Crippen LogP contribution in [0.4, 0.5) is 11.4 Å². The van der Waals surface area contributed by atoms with E-state index in [1.807, 2.05) is 18.2 Å². The van der Waals surface area contributed by atoms with Crippen molar-refractivity contribution in [2.75, 3.05) is 18.5 Å². The van der Waals surface area contributed by atoms with E-state index in [9.17, 15) is 4.79 Å². The number of halogens is 2. The van der Waals surface area contributed by atoms with Gasteiger partial charge in [-0.15, -0.1) is 16.5 Å². The molecule has 0 unspecified atom stereocenters. The Morgan fingerprint density at radius 2 is 1.94 bits per heavy atom. The Hall–Kier alpha value is -3.14. The zero-order valence-electron chi connectivity index (χ0n) is 15.7. The van der Waals surface area contributed by atoms with Crippen LogP contribution < -0.4 is 20.6 Å². The van der Waals surface area contributed by atoms with E-state index in [0.717, 1.165) is 5.39 Å². The van der Waals surface area contributed by atoms with Gasteiger partial charge in [0.15, 0.2) is 11.5 Å². The molecule has 1 aliphatic rings. The second-order valence-corrected chi connectivity index (χ2v) is 8.36. The average Bonchev–Trinajstić information content (AvgIpc) is 3.11. The van der Waals surface area contributed by atoms with Gasteiger partial charge in [0.1, 0.15) is 28.6 Å². The number of anilines is 1. The van der Waals surface area contributed by atoms with E-state index in [1.165, 1.54) is 11.3 Å². The predicted molar refractivity (Wildman–Crippen MR) is 121 cm³/mol. The molecule has 11 heteroatoms. The maximum Gasteiger partial charge on any atom is 0.268 e. The topological polar surface area (TPSA) is 111 Å². The largest absolute Gasteiger partial charge is 0.486 e. The zero-order chi connectivity index (χ0) is 21.5. The van der Waals surface area contributed by atoms with Gasteiger partial charge < -0.3 is 20.6 Å². The summed E-state index contributed by atoms with van der Waals surface area (Å²) in [6.07, 6.45) is 0. The molecule has 31 heavy (non-hydrogen) atoms. The fraction of sp³-hybridized carbons (Fsp3) is 0.100. The van der Waals surface area contributed by atoms with E-state index in [4.69, 9.17) is 38.5 Å². The zero-order valence-corrected chi connectivity index (χ0v) is 18.0. The number of hydrogen-bond donors (Lipinski definition) is 2. The molecular formula is C20H13Cl2N5O3S. The van der Waals surface area contributed by atoms with Gasteiger partial charge in [-0.25, -0.2) is 4.98 Å². The van der Waals surface area contributed by atoms with Crippen LogP contribution in [0.3, 0.4) is 0 Å². The second kappa shape index (κ2) is 7.84. The third kappa shape index (κ3) is 3.50. The van der Waals surface area contributed by atoms with Crippen molar-refractivity contribution in [3.05, 3.63) is 51.3 Å². The summed E-state index contributed by atoms with van der Waals surface area (Å²) in [7, 11) is 0. The number of nitrogens with two attached hydrogens (primary N) is 1. The Kier molecular flexibility index (Phi) is 5.01. The highest BCUT2D eigenvalue weighted by molar-refractivity contribution is 7.21. The molecular weight excluding hydrogens is 461 g/mol. The molecule has 0 saturated heterocycles. The molecule has 0 radical (unpaired) electrons. The number of carbonyl (C=O) groups excluding carboxylic acids is 1. The van der Waals surface area contributed by atoms with Crippen molar-refractivity contribution in [3.8, 4) is 11.5 Å². The van der Waals surface area contributed by atoms with Crippen LogP contribution in [0.15, 0.2) is 46.7 Å². The van der Waals surface area contributed by atoms with Crippen molar-refractivity contribution >= 4 is 72.9 Å². The molecule has 156 valence electrons. The van der Waals surface area contributed by atoms with Crippen LogP contribution in [0.25, 0.3) is 21.1 Å². The first-order valence-electron chi connectivity index (χ1n) is 9.08. The van der Waals surface area contributed by atoms with Crippen molar-refractivity contribution in [1.82, 2.24) is 4.98 Å². The number of nitrogens with zero attached hydrogens (tertiary/aromatic N) is 3. The van der Waals surface area contributed by atoms with E-state index < -0.39 is 5.91 Å². The maximum atomic E-state index is 13.0. The molecule has 0 fully saturated rings. The number of rotatable bonds is 3. The van der Waals surface area contributed by atoms with E-state index in [-0.39, 0.29) is 5.02 Å². The van der Waals surface area contributed by atoms with Crippen molar-refractivity contribution in [2.45, 2.75) is 0 Å². The number of fused-ring (bicyclic) bond motifs is 3. The highest BCUT2D eigenvalue weighted by atomic mass is 35.5. The number of nitrogens with one attached hydrogen (secondary N) is 1. The second-order valence-electron chi connectivity index (χ2n) is 6.58. The van der Waals surface area contributed by atoms with E-state index in [2.05, 4.69) is 20.6 Å².